The molecule has 0 aliphatic rings. The number of ether oxygens (including phenoxy) is 1. The van der Waals surface area contributed by atoms with Crippen LogP contribution in [-0.2, 0) is 11.3 Å². The third-order valence-electron chi connectivity index (χ3n) is 3.15. The third-order valence-corrected chi connectivity index (χ3v) is 3.15. The summed E-state index contributed by atoms with van der Waals surface area (Å²) in [5.41, 5.74) is 2.29. The van der Waals surface area contributed by atoms with E-state index in [2.05, 4.69) is 10.4 Å². The molecule has 0 aliphatic heterocycles. The molecule has 0 saturated heterocycles. The van der Waals surface area contributed by atoms with Crippen LogP contribution in [0.25, 0.3) is 5.69 Å². The Bertz CT molecular complexity index is 624. The summed E-state index contributed by atoms with van der Waals surface area (Å²) in [5, 5.41) is 18.6. The van der Waals surface area contributed by atoms with E-state index in [1.165, 1.54) is 6.07 Å². The first kappa shape index (κ1) is 15.1. The van der Waals surface area contributed by atoms with Crippen molar-refractivity contribution in [2.75, 3.05) is 20.3 Å². The minimum absolute atomic E-state index is 0.0998. The Kier molecular flexibility index (Phi) is 5.02. The molecule has 1 aromatic heterocycles. The van der Waals surface area contributed by atoms with Crippen LogP contribution in [0.2, 0.25) is 0 Å². The number of nitrogens with zero attached hydrogens (tertiary/aromatic N) is 3. The smallest absolute Gasteiger partial charge is 0.274 e. The quantitative estimate of drug-likeness (QED) is 0.478. The number of methoxy groups -OCH3 is 1. The minimum atomic E-state index is -0.379. The number of nitro groups is 1. The van der Waals surface area contributed by atoms with Crippen molar-refractivity contribution in [1.29, 1.82) is 0 Å². The lowest BCUT2D eigenvalue weighted by molar-refractivity contribution is -0.385. The summed E-state index contributed by atoms with van der Waals surface area (Å²) in [6.45, 7) is 3.75. The Labute approximate surface area is 122 Å². The van der Waals surface area contributed by atoms with Crippen LogP contribution >= 0.6 is 0 Å². The first-order valence-corrected chi connectivity index (χ1v) is 6.62. The summed E-state index contributed by atoms with van der Waals surface area (Å²) in [4.78, 5) is 10.6. The molecule has 1 heterocycles. The van der Waals surface area contributed by atoms with Gasteiger partial charge < -0.3 is 10.1 Å². The Hall–Kier alpha value is -2.25. The summed E-state index contributed by atoms with van der Waals surface area (Å²) in [5.74, 6) is 0. The van der Waals surface area contributed by atoms with Crippen LogP contribution in [0.5, 0.6) is 0 Å². The fourth-order valence-electron chi connectivity index (χ4n) is 2.04. The SMILES string of the molecule is COCCNCc1ccn(-c2cccc([N+](=O)[O-])c2C)n1. The average Bonchev–Trinajstić information content (AvgIpc) is 2.92. The van der Waals surface area contributed by atoms with E-state index < -0.39 is 0 Å². The first-order chi connectivity index (χ1) is 10.1. The molecule has 0 bridgehead atoms. The Morgan fingerprint density at radius 3 is 2.95 bits per heavy atom. The number of hydrogen-bond donors (Lipinski definition) is 1. The van der Waals surface area contributed by atoms with E-state index in [0.29, 0.717) is 24.4 Å². The Morgan fingerprint density at radius 2 is 2.24 bits per heavy atom. The van der Waals surface area contributed by atoms with E-state index in [4.69, 9.17) is 4.74 Å². The van der Waals surface area contributed by atoms with Crippen LogP contribution in [0.3, 0.4) is 0 Å². The van der Waals surface area contributed by atoms with Crippen molar-refractivity contribution in [2.24, 2.45) is 0 Å². The third kappa shape index (κ3) is 3.65. The highest BCUT2D eigenvalue weighted by atomic mass is 16.6. The molecule has 2 rings (SSSR count). The van der Waals surface area contributed by atoms with E-state index >= 15 is 0 Å². The van der Waals surface area contributed by atoms with Crippen LogP contribution in [0, 0.1) is 17.0 Å². The molecule has 1 N–H and O–H groups in total. The lowest BCUT2D eigenvalue weighted by Gasteiger charge is -2.06. The van der Waals surface area contributed by atoms with Crippen LogP contribution in [-0.4, -0.2) is 35.0 Å². The van der Waals surface area contributed by atoms with Crippen molar-refractivity contribution in [1.82, 2.24) is 15.1 Å². The Morgan fingerprint density at radius 1 is 1.43 bits per heavy atom. The minimum Gasteiger partial charge on any atom is -0.383 e. The van der Waals surface area contributed by atoms with Crippen molar-refractivity contribution in [3.63, 3.8) is 0 Å². The molecule has 0 aliphatic carbocycles. The van der Waals surface area contributed by atoms with E-state index in [0.717, 1.165) is 12.2 Å². The molecule has 0 saturated carbocycles. The highest BCUT2D eigenvalue weighted by Crippen LogP contribution is 2.23. The number of benzene rings is 1. The maximum Gasteiger partial charge on any atom is 0.274 e. The molecule has 0 atom stereocenters. The van der Waals surface area contributed by atoms with Gasteiger partial charge in [-0.3, -0.25) is 10.1 Å². The molecular formula is C14H18N4O3. The fourth-order valence-corrected chi connectivity index (χ4v) is 2.04. The van der Waals surface area contributed by atoms with Gasteiger partial charge in [0, 0.05) is 32.5 Å². The lowest BCUT2D eigenvalue weighted by atomic mass is 10.1. The van der Waals surface area contributed by atoms with Crippen molar-refractivity contribution in [3.05, 3.63) is 51.8 Å². The summed E-state index contributed by atoms with van der Waals surface area (Å²) in [6.07, 6.45) is 1.80. The van der Waals surface area contributed by atoms with Gasteiger partial charge in [0.1, 0.15) is 0 Å². The maximum absolute atomic E-state index is 11.0. The molecule has 0 fully saturated rings. The molecule has 0 spiro atoms. The number of nitrogens with one attached hydrogen (secondary N) is 1. The van der Waals surface area contributed by atoms with Crippen LogP contribution in [0.4, 0.5) is 5.69 Å². The van der Waals surface area contributed by atoms with Gasteiger partial charge in [-0.1, -0.05) is 6.07 Å². The van der Waals surface area contributed by atoms with Crippen LogP contribution in [0.1, 0.15) is 11.3 Å². The molecular weight excluding hydrogens is 272 g/mol. The second-order valence-electron chi connectivity index (χ2n) is 4.60. The van der Waals surface area contributed by atoms with Gasteiger partial charge in [-0.2, -0.15) is 5.10 Å². The van der Waals surface area contributed by atoms with Crippen molar-refractivity contribution in [3.8, 4) is 5.69 Å². The molecule has 0 radical (unpaired) electrons. The fraction of sp³-hybridized carbons (Fsp3) is 0.357. The normalized spacial score (nSPS) is 10.8. The Balaban J connectivity index is 2.14. The zero-order valence-electron chi connectivity index (χ0n) is 12.1. The largest absolute Gasteiger partial charge is 0.383 e. The van der Waals surface area contributed by atoms with E-state index in [-0.39, 0.29) is 10.6 Å². The molecule has 112 valence electrons. The molecule has 21 heavy (non-hydrogen) atoms. The molecule has 0 amide bonds. The maximum atomic E-state index is 11.0. The van der Waals surface area contributed by atoms with Crippen LogP contribution < -0.4 is 5.32 Å². The molecule has 7 heteroatoms. The van der Waals surface area contributed by atoms with E-state index in [9.17, 15) is 10.1 Å². The molecule has 1 aromatic carbocycles. The van der Waals surface area contributed by atoms with Crippen molar-refractivity contribution >= 4 is 5.69 Å². The van der Waals surface area contributed by atoms with Gasteiger partial charge >= 0.3 is 0 Å². The van der Waals surface area contributed by atoms with Gasteiger partial charge in [0.15, 0.2) is 0 Å². The standard InChI is InChI=1S/C14H18N4O3/c1-11-13(4-3-5-14(11)18(19)20)17-8-6-12(16-17)10-15-7-9-21-2/h3-6,8,15H,7,9-10H2,1-2H3. The van der Waals surface area contributed by atoms with Gasteiger partial charge in [-0.05, 0) is 19.1 Å². The summed E-state index contributed by atoms with van der Waals surface area (Å²) in [7, 11) is 1.65. The predicted molar refractivity (Wildman–Crippen MR) is 78.5 cm³/mol. The number of rotatable bonds is 7. The average molecular weight is 290 g/mol. The molecule has 2 aromatic rings. The molecule has 7 nitrogen and oxygen atoms in total. The van der Waals surface area contributed by atoms with Gasteiger partial charge in [0.2, 0.25) is 0 Å². The summed E-state index contributed by atoms with van der Waals surface area (Å²) < 4.78 is 6.62. The van der Waals surface area contributed by atoms with E-state index in [1.54, 1.807) is 31.0 Å². The topological polar surface area (TPSA) is 82.2 Å². The van der Waals surface area contributed by atoms with Gasteiger partial charge in [0.25, 0.3) is 5.69 Å². The predicted octanol–water partition coefficient (Wildman–Crippen LogP) is 1.82. The van der Waals surface area contributed by atoms with E-state index in [1.807, 2.05) is 12.1 Å². The van der Waals surface area contributed by atoms with Crippen molar-refractivity contribution < 1.29 is 9.66 Å². The zero-order valence-corrected chi connectivity index (χ0v) is 12.1. The number of hydrogen-bond acceptors (Lipinski definition) is 5. The van der Waals surface area contributed by atoms with Gasteiger partial charge in [0.05, 0.1) is 28.5 Å². The molecule has 0 unspecified atom stereocenters. The summed E-state index contributed by atoms with van der Waals surface area (Å²) in [6, 6.07) is 6.86. The van der Waals surface area contributed by atoms with Gasteiger partial charge in [-0.15, -0.1) is 0 Å². The second-order valence-corrected chi connectivity index (χ2v) is 4.60. The van der Waals surface area contributed by atoms with Crippen molar-refractivity contribution in [2.45, 2.75) is 13.5 Å². The summed E-state index contributed by atoms with van der Waals surface area (Å²) >= 11 is 0. The first-order valence-electron chi connectivity index (χ1n) is 6.62. The van der Waals surface area contributed by atoms with Crippen LogP contribution in [0.15, 0.2) is 30.5 Å². The number of aromatic nitrogens is 2. The monoisotopic (exact) mass is 290 g/mol. The lowest BCUT2D eigenvalue weighted by Crippen LogP contribution is -2.18. The zero-order chi connectivity index (χ0) is 15.2. The second kappa shape index (κ2) is 6.96. The number of nitro benzene ring substituents is 1. The highest BCUT2D eigenvalue weighted by Gasteiger charge is 2.14. The highest BCUT2D eigenvalue weighted by molar-refractivity contribution is 5.52. The van der Waals surface area contributed by atoms with Gasteiger partial charge in [-0.25, -0.2) is 4.68 Å².